The third-order valence-corrected chi connectivity index (χ3v) is 5.82. The van der Waals surface area contributed by atoms with E-state index >= 15 is 0 Å². The van der Waals surface area contributed by atoms with Gasteiger partial charge < -0.3 is 9.72 Å². The number of aryl methyl sites for hydroxylation is 1. The van der Waals surface area contributed by atoms with Gasteiger partial charge in [-0.1, -0.05) is 12.1 Å². The van der Waals surface area contributed by atoms with Gasteiger partial charge in [0.1, 0.15) is 5.75 Å². The molecule has 0 spiro atoms. The molecule has 7 nitrogen and oxygen atoms in total. The summed E-state index contributed by atoms with van der Waals surface area (Å²) >= 11 is 0. The first-order valence-electron chi connectivity index (χ1n) is 10.5. The van der Waals surface area contributed by atoms with E-state index in [1.54, 1.807) is 10.8 Å². The largest absolute Gasteiger partial charge is 0.426 e. The van der Waals surface area contributed by atoms with E-state index in [0.29, 0.717) is 23.3 Å². The van der Waals surface area contributed by atoms with Crippen molar-refractivity contribution in [2.45, 2.75) is 26.3 Å². The van der Waals surface area contributed by atoms with Crippen LogP contribution in [0.1, 0.15) is 18.4 Å². The number of aromatic amines is 1. The van der Waals surface area contributed by atoms with Crippen LogP contribution in [0.4, 0.5) is 0 Å². The van der Waals surface area contributed by atoms with Crippen LogP contribution in [-0.4, -0.2) is 24.1 Å². The zero-order valence-electron chi connectivity index (χ0n) is 17.1. The molecule has 0 radical (unpaired) electrons. The minimum atomic E-state index is -0.0466. The highest BCUT2D eigenvalue weighted by Gasteiger charge is 2.25. The van der Waals surface area contributed by atoms with Gasteiger partial charge in [0.25, 0.3) is 6.01 Å². The average Bonchev–Trinajstić information content (AvgIpc) is 3.44. The zero-order valence-corrected chi connectivity index (χ0v) is 17.1. The van der Waals surface area contributed by atoms with Crippen molar-refractivity contribution in [3.63, 3.8) is 0 Å². The van der Waals surface area contributed by atoms with E-state index in [4.69, 9.17) is 4.74 Å². The quantitative estimate of drug-likeness (QED) is 0.459. The highest BCUT2D eigenvalue weighted by molar-refractivity contribution is 5.76. The lowest BCUT2D eigenvalue weighted by molar-refractivity contribution is 0.449. The van der Waals surface area contributed by atoms with Crippen molar-refractivity contribution in [2.75, 3.05) is 0 Å². The molecule has 7 heteroatoms. The number of pyridine rings is 1. The van der Waals surface area contributed by atoms with E-state index in [9.17, 15) is 4.79 Å². The van der Waals surface area contributed by atoms with Gasteiger partial charge in [0.05, 0.1) is 22.2 Å². The summed E-state index contributed by atoms with van der Waals surface area (Å²) in [6.07, 6.45) is 4.10. The maximum atomic E-state index is 13.3. The molecule has 1 fully saturated rings. The molecular formula is C24H21N5O2. The Balaban J connectivity index is 1.39. The van der Waals surface area contributed by atoms with E-state index < -0.39 is 0 Å². The number of aromatic nitrogens is 5. The highest BCUT2D eigenvalue weighted by Crippen LogP contribution is 2.32. The summed E-state index contributed by atoms with van der Waals surface area (Å²) in [7, 11) is 0. The molecule has 31 heavy (non-hydrogen) atoms. The zero-order chi connectivity index (χ0) is 20.9. The van der Waals surface area contributed by atoms with Gasteiger partial charge in [-0.25, -0.2) is 14.3 Å². The number of imidazole rings is 2. The van der Waals surface area contributed by atoms with Crippen LogP contribution < -0.4 is 10.4 Å². The van der Waals surface area contributed by atoms with E-state index in [1.807, 2.05) is 66.1 Å². The van der Waals surface area contributed by atoms with Gasteiger partial charge in [-0.15, -0.1) is 0 Å². The normalized spacial score (nSPS) is 13.8. The van der Waals surface area contributed by atoms with Gasteiger partial charge in [0, 0.05) is 12.7 Å². The molecule has 5 aromatic rings. The second-order valence-electron chi connectivity index (χ2n) is 8.13. The van der Waals surface area contributed by atoms with E-state index in [1.165, 1.54) is 12.8 Å². The molecule has 1 aliphatic rings. The summed E-state index contributed by atoms with van der Waals surface area (Å²) in [5.74, 6) is 1.25. The molecule has 2 aromatic carbocycles. The molecule has 1 aliphatic carbocycles. The van der Waals surface area contributed by atoms with Crippen LogP contribution in [0.15, 0.2) is 65.6 Å². The van der Waals surface area contributed by atoms with Gasteiger partial charge in [0.15, 0.2) is 5.65 Å². The second kappa shape index (κ2) is 6.84. The number of H-pyrrole nitrogens is 1. The van der Waals surface area contributed by atoms with Crippen molar-refractivity contribution >= 4 is 22.2 Å². The van der Waals surface area contributed by atoms with Crippen LogP contribution in [0.25, 0.3) is 27.9 Å². The van der Waals surface area contributed by atoms with Crippen LogP contribution in [0.5, 0.6) is 11.8 Å². The number of rotatable bonds is 5. The number of benzene rings is 2. The number of nitrogens with one attached hydrogen (secondary N) is 1. The van der Waals surface area contributed by atoms with Gasteiger partial charge >= 0.3 is 5.69 Å². The molecular weight excluding hydrogens is 390 g/mol. The molecule has 1 saturated carbocycles. The fourth-order valence-electron chi connectivity index (χ4n) is 4.07. The first-order valence-corrected chi connectivity index (χ1v) is 10.5. The van der Waals surface area contributed by atoms with Crippen molar-refractivity contribution in [2.24, 2.45) is 5.92 Å². The third-order valence-electron chi connectivity index (χ3n) is 5.82. The second-order valence-corrected chi connectivity index (χ2v) is 8.13. The maximum absolute atomic E-state index is 13.3. The van der Waals surface area contributed by atoms with Crippen molar-refractivity contribution in [1.82, 2.24) is 24.1 Å². The number of hydrogen-bond donors (Lipinski definition) is 1. The molecule has 3 heterocycles. The molecule has 0 unspecified atom stereocenters. The van der Waals surface area contributed by atoms with E-state index in [-0.39, 0.29) is 5.69 Å². The SMILES string of the molecule is Cc1cc(Oc2nc3ccccc3[nH]2)ccc1-n1c(=O)n(CC2CC2)c2cccnc21. The van der Waals surface area contributed by atoms with Gasteiger partial charge in [-0.3, -0.25) is 4.57 Å². The molecule has 6 rings (SSSR count). The molecule has 0 amide bonds. The number of ether oxygens (including phenoxy) is 1. The Kier molecular flexibility index (Phi) is 3.96. The molecule has 3 aromatic heterocycles. The van der Waals surface area contributed by atoms with E-state index in [2.05, 4.69) is 15.0 Å². The number of fused-ring (bicyclic) bond motifs is 2. The Hall–Kier alpha value is -3.87. The fraction of sp³-hybridized carbons (Fsp3) is 0.208. The lowest BCUT2D eigenvalue weighted by atomic mass is 10.2. The monoisotopic (exact) mass is 411 g/mol. The highest BCUT2D eigenvalue weighted by atomic mass is 16.5. The maximum Gasteiger partial charge on any atom is 0.334 e. The predicted molar refractivity (Wildman–Crippen MR) is 119 cm³/mol. The fourth-order valence-corrected chi connectivity index (χ4v) is 4.07. The Morgan fingerprint density at radius 3 is 2.81 bits per heavy atom. The van der Waals surface area contributed by atoms with Crippen molar-refractivity contribution in [1.29, 1.82) is 0 Å². The van der Waals surface area contributed by atoms with E-state index in [0.717, 1.165) is 34.3 Å². The lowest BCUT2D eigenvalue weighted by Gasteiger charge is -2.09. The smallest absolute Gasteiger partial charge is 0.334 e. The van der Waals surface area contributed by atoms with Gasteiger partial charge in [-0.2, -0.15) is 4.98 Å². The molecule has 0 aliphatic heterocycles. The molecule has 0 bridgehead atoms. The van der Waals surface area contributed by atoms with Crippen LogP contribution in [0, 0.1) is 12.8 Å². The average molecular weight is 411 g/mol. The van der Waals surface area contributed by atoms with Gasteiger partial charge in [0.2, 0.25) is 0 Å². The Morgan fingerprint density at radius 2 is 2.00 bits per heavy atom. The number of hydrogen-bond acceptors (Lipinski definition) is 4. The van der Waals surface area contributed by atoms with Crippen LogP contribution in [0.2, 0.25) is 0 Å². The first kappa shape index (κ1) is 17.9. The molecule has 1 N–H and O–H groups in total. The predicted octanol–water partition coefficient (Wildman–Crippen LogP) is 4.57. The van der Waals surface area contributed by atoms with Crippen LogP contribution in [0.3, 0.4) is 0 Å². The summed E-state index contributed by atoms with van der Waals surface area (Å²) in [6, 6.07) is 17.8. The summed E-state index contributed by atoms with van der Waals surface area (Å²) in [4.78, 5) is 25.5. The van der Waals surface area contributed by atoms with Crippen molar-refractivity contribution < 1.29 is 4.74 Å². The minimum absolute atomic E-state index is 0.0466. The van der Waals surface area contributed by atoms with Crippen molar-refractivity contribution in [3.05, 3.63) is 76.8 Å². The minimum Gasteiger partial charge on any atom is -0.426 e. The van der Waals surface area contributed by atoms with Gasteiger partial charge in [-0.05, 0) is 73.7 Å². The Bertz CT molecular complexity index is 1460. The number of nitrogens with zero attached hydrogens (tertiary/aromatic N) is 4. The summed E-state index contributed by atoms with van der Waals surface area (Å²) in [5, 5.41) is 0. The number of para-hydroxylation sites is 2. The molecule has 0 atom stereocenters. The van der Waals surface area contributed by atoms with Crippen molar-refractivity contribution in [3.8, 4) is 17.4 Å². The lowest BCUT2D eigenvalue weighted by Crippen LogP contribution is -2.24. The Labute approximate surface area is 178 Å². The summed E-state index contributed by atoms with van der Waals surface area (Å²) in [5.41, 5.74) is 5.02. The van der Waals surface area contributed by atoms with Crippen LogP contribution in [-0.2, 0) is 6.54 Å². The van der Waals surface area contributed by atoms with Crippen LogP contribution >= 0.6 is 0 Å². The standard InChI is InChI=1S/C24H21N5O2/c1-15-13-17(31-23-26-18-5-2-3-6-19(18)27-23)10-11-20(15)29-22-21(7-4-12-25-22)28(24(29)30)14-16-8-9-16/h2-7,10-13,16H,8-9,14H2,1H3,(H,26,27). The summed E-state index contributed by atoms with van der Waals surface area (Å²) in [6.45, 7) is 2.72. The molecule has 0 saturated heterocycles. The topological polar surface area (TPSA) is 77.7 Å². The third kappa shape index (κ3) is 3.09. The summed E-state index contributed by atoms with van der Waals surface area (Å²) < 4.78 is 9.51. The first-order chi connectivity index (χ1) is 15.2. The molecule has 154 valence electrons. The Morgan fingerprint density at radius 1 is 1.13 bits per heavy atom.